The molecule has 0 unspecified atom stereocenters. The van der Waals surface area contributed by atoms with Gasteiger partial charge in [-0.3, -0.25) is 4.79 Å². The van der Waals surface area contributed by atoms with Crippen LogP contribution in [0, 0.1) is 11.0 Å². The Morgan fingerprint density at radius 3 is 2.72 bits per heavy atom. The van der Waals surface area contributed by atoms with Crippen LogP contribution < -0.4 is 5.32 Å². The van der Waals surface area contributed by atoms with Gasteiger partial charge in [-0.15, -0.1) is 11.3 Å². The van der Waals surface area contributed by atoms with Gasteiger partial charge in [-0.25, -0.2) is 14.4 Å². The highest BCUT2D eigenvalue weighted by atomic mass is 35.5. The minimum atomic E-state index is -0.724. The Kier molecular flexibility index (Phi) is 6.21. The number of carbonyl (C=O) groups is 1. The topological polar surface area (TPSA) is 77.9 Å². The summed E-state index contributed by atoms with van der Waals surface area (Å²) >= 11 is 7.58. The van der Waals surface area contributed by atoms with Crippen LogP contribution in [0.25, 0.3) is 21.3 Å². The number of quaternary nitrogens is 1. The number of anilines is 1. The highest BCUT2D eigenvalue weighted by Crippen LogP contribution is 2.36. The van der Waals surface area contributed by atoms with Crippen LogP contribution in [0.1, 0.15) is 11.1 Å². The second-order valence-corrected chi connectivity index (χ2v) is 9.27. The SMILES string of the molecule is C[N+](C)([O-])CC(=O)Nc1ccc(Cc2cc3scnc3c(-c3cccc(Cl)c3)c2F)cn1. The molecule has 0 aliphatic rings. The summed E-state index contributed by atoms with van der Waals surface area (Å²) in [7, 11) is 2.78. The molecule has 0 aliphatic carbocycles. The second kappa shape index (κ2) is 8.91. The van der Waals surface area contributed by atoms with Crippen LogP contribution in [0.3, 0.4) is 0 Å². The molecule has 6 nitrogen and oxygen atoms in total. The third-order valence-electron chi connectivity index (χ3n) is 4.76. The fourth-order valence-electron chi connectivity index (χ4n) is 3.42. The van der Waals surface area contributed by atoms with E-state index < -0.39 is 10.6 Å². The zero-order valence-electron chi connectivity index (χ0n) is 17.4. The quantitative estimate of drug-likeness (QED) is 0.308. The van der Waals surface area contributed by atoms with Gasteiger partial charge in [-0.05, 0) is 41.0 Å². The van der Waals surface area contributed by atoms with Crippen LogP contribution >= 0.6 is 22.9 Å². The highest BCUT2D eigenvalue weighted by molar-refractivity contribution is 7.16. The number of amides is 1. The molecule has 2 heterocycles. The van der Waals surface area contributed by atoms with E-state index in [2.05, 4.69) is 15.3 Å². The van der Waals surface area contributed by atoms with Crippen molar-refractivity contribution in [1.82, 2.24) is 9.97 Å². The van der Waals surface area contributed by atoms with E-state index in [4.69, 9.17) is 11.6 Å². The van der Waals surface area contributed by atoms with Crippen LogP contribution in [0.15, 0.2) is 54.2 Å². The number of fused-ring (bicyclic) bond motifs is 1. The van der Waals surface area contributed by atoms with Gasteiger partial charge in [0, 0.05) is 23.2 Å². The van der Waals surface area contributed by atoms with Gasteiger partial charge in [0.25, 0.3) is 5.91 Å². The number of aromatic nitrogens is 2. The molecule has 2 aromatic heterocycles. The number of likely N-dealkylation sites (N-methyl/N-ethyl adjacent to an activating group) is 1. The maximum Gasteiger partial charge on any atom is 0.281 e. The fraction of sp³-hybridized carbons (Fsp3) is 0.174. The minimum absolute atomic E-state index is 0.213. The average molecular weight is 471 g/mol. The Balaban J connectivity index is 1.61. The predicted octanol–water partition coefficient (Wildman–Crippen LogP) is 5.25. The minimum Gasteiger partial charge on any atom is -0.633 e. The van der Waals surface area contributed by atoms with E-state index >= 15 is 4.39 Å². The van der Waals surface area contributed by atoms with Gasteiger partial charge in [-0.2, -0.15) is 0 Å². The first-order valence-corrected chi connectivity index (χ1v) is 11.0. The Morgan fingerprint density at radius 2 is 2.03 bits per heavy atom. The van der Waals surface area contributed by atoms with Crippen molar-refractivity contribution in [3.8, 4) is 11.1 Å². The summed E-state index contributed by atoms with van der Waals surface area (Å²) in [4.78, 5) is 20.5. The molecule has 0 fully saturated rings. The van der Waals surface area contributed by atoms with Crippen molar-refractivity contribution in [1.29, 1.82) is 0 Å². The summed E-state index contributed by atoms with van der Waals surface area (Å²) in [5.41, 5.74) is 4.70. The van der Waals surface area contributed by atoms with Gasteiger partial charge in [0.1, 0.15) is 11.6 Å². The molecule has 4 aromatic rings. The van der Waals surface area contributed by atoms with E-state index in [0.717, 1.165) is 10.3 Å². The lowest BCUT2D eigenvalue weighted by Gasteiger charge is -2.32. The maximum atomic E-state index is 15.6. The number of thiazole rings is 1. The molecule has 164 valence electrons. The van der Waals surface area contributed by atoms with Crippen LogP contribution in [0.4, 0.5) is 10.2 Å². The molecule has 4 rings (SSSR count). The molecule has 1 N–H and O–H groups in total. The monoisotopic (exact) mass is 470 g/mol. The summed E-state index contributed by atoms with van der Waals surface area (Å²) < 4.78 is 15.8. The number of pyridine rings is 1. The van der Waals surface area contributed by atoms with Crippen molar-refractivity contribution in [3.05, 3.63) is 81.3 Å². The standard InChI is InChI=1S/C23H20ClFN4O2S/c1-29(2,31)12-20(30)28-19-7-6-14(11-26-19)8-16-10-18-23(27-13-32-18)21(22(16)25)15-4-3-5-17(24)9-15/h3-7,9-11,13H,8,12H2,1-2H3,(H,26,28,30). The zero-order chi connectivity index (χ0) is 22.9. The molecule has 0 radical (unpaired) electrons. The number of rotatable bonds is 6. The van der Waals surface area contributed by atoms with Crippen molar-refractivity contribution in [2.24, 2.45) is 0 Å². The Morgan fingerprint density at radius 1 is 1.22 bits per heavy atom. The van der Waals surface area contributed by atoms with Gasteiger partial charge < -0.3 is 15.2 Å². The van der Waals surface area contributed by atoms with Crippen molar-refractivity contribution in [2.75, 3.05) is 26.0 Å². The molecule has 0 atom stereocenters. The van der Waals surface area contributed by atoms with E-state index in [1.165, 1.54) is 25.4 Å². The molecule has 1 amide bonds. The van der Waals surface area contributed by atoms with Crippen molar-refractivity contribution >= 4 is 44.9 Å². The lowest BCUT2D eigenvalue weighted by atomic mass is 9.97. The first kappa shape index (κ1) is 22.3. The largest absolute Gasteiger partial charge is 0.633 e. The van der Waals surface area contributed by atoms with Gasteiger partial charge in [-0.1, -0.05) is 29.8 Å². The fourth-order valence-corrected chi connectivity index (χ4v) is 4.36. The number of hydroxylamine groups is 3. The van der Waals surface area contributed by atoms with E-state index in [-0.39, 0.29) is 12.4 Å². The average Bonchev–Trinajstić information content (AvgIpc) is 3.16. The Hall–Kier alpha value is -2.91. The number of carbonyl (C=O) groups excluding carboxylic acids is 1. The zero-order valence-corrected chi connectivity index (χ0v) is 19.0. The first-order chi connectivity index (χ1) is 15.2. The number of hydrogen-bond donors (Lipinski definition) is 1. The second-order valence-electron chi connectivity index (χ2n) is 7.94. The van der Waals surface area contributed by atoms with Gasteiger partial charge in [0.2, 0.25) is 0 Å². The smallest absolute Gasteiger partial charge is 0.281 e. The van der Waals surface area contributed by atoms with E-state index in [0.29, 0.717) is 39.5 Å². The van der Waals surface area contributed by atoms with Crippen LogP contribution in [0.5, 0.6) is 0 Å². The number of halogens is 2. The lowest BCUT2D eigenvalue weighted by molar-refractivity contribution is -0.831. The summed E-state index contributed by atoms with van der Waals surface area (Å²) in [6.07, 6.45) is 1.90. The highest BCUT2D eigenvalue weighted by Gasteiger charge is 2.18. The summed E-state index contributed by atoms with van der Waals surface area (Å²) in [6, 6.07) is 12.3. The van der Waals surface area contributed by atoms with Gasteiger partial charge in [0.05, 0.1) is 29.8 Å². The van der Waals surface area contributed by atoms with Crippen molar-refractivity contribution in [3.63, 3.8) is 0 Å². The number of nitrogens with zero attached hydrogens (tertiary/aromatic N) is 3. The van der Waals surface area contributed by atoms with Gasteiger partial charge in [0.15, 0.2) is 6.54 Å². The molecular weight excluding hydrogens is 451 g/mol. The predicted molar refractivity (Wildman–Crippen MR) is 126 cm³/mol. The third-order valence-corrected chi connectivity index (χ3v) is 5.77. The molecule has 32 heavy (non-hydrogen) atoms. The molecule has 0 bridgehead atoms. The van der Waals surface area contributed by atoms with Crippen molar-refractivity contribution < 1.29 is 13.8 Å². The van der Waals surface area contributed by atoms with Crippen LogP contribution in [-0.4, -0.2) is 41.2 Å². The molecule has 2 aromatic carbocycles. The van der Waals surface area contributed by atoms with Gasteiger partial charge >= 0.3 is 0 Å². The first-order valence-electron chi connectivity index (χ1n) is 9.79. The number of hydrogen-bond acceptors (Lipinski definition) is 5. The Bertz CT molecular complexity index is 1290. The molecule has 0 saturated heterocycles. The molecule has 9 heteroatoms. The molecular formula is C23H20ClFN4O2S. The van der Waals surface area contributed by atoms with Crippen LogP contribution in [0.2, 0.25) is 5.02 Å². The maximum absolute atomic E-state index is 15.6. The van der Waals surface area contributed by atoms with E-state index in [1.54, 1.807) is 48.1 Å². The third kappa shape index (κ3) is 5.11. The summed E-state index contributed by atoms with van der Waals surface area (Å²) in [5, 5.41) is 14.7. The summed E-state index contributed by atoms with van der Waals surface area (Å²) in [5.74, 6) is -0.429. The van der Waals surface area contributed by atoms with E-state index in [1.807, 2.05) is 6.07 Å². The number of nitrogens with one attached hydrogen (secondary N) is 1. The molecule has 0 aliphatic heterocycles. The normalized spacial score (nSPS) is 11.7. The summed E-state index contributed by atoms with van der Waals surface area (Å²) in [6.45, 7) is -0.213. The van der Waals surface area contributed by atoms with Crippen LogP contribution in [-0.2, 0) is 11.2 Å². The molecule has 0 spiro atoms. The van der Waals surface area contributed by atoms with E-state index in [9.17, 15) is 10.0 Å². The lowest BCUT2D eigenvalue weighted by Crippen LogP contribution is -2.40. The molecule has 0 saturated carbocycles. The number of benzene rings is 2. The Labute approximate surface area is 193 Å². The van der Waals surface area contributed by atoms with Crippen molar-refractivity contribution in [2.45, 2.75) is 6.42 Å².